The summed E-state index contributed by atoms with van der Waals surface area (Å²) < 4.78 is 54.7. The van der Waals surface area contributed by atoms with Gasteiger partial charge in [-0.15, -0.1) is 11.3 Å². The van der Waals surface area contributed by atoms with Crippen LogP contribution in [0.1, 0.15) is 52.6 Å². The van der Waals surface area contributed by atoms with E-state index in [9.17, 15) is 32.3 Å². The SMILES string of the molecule is CC(C(=O)O)N1CCN(c2cnc(C(=O)Cc3nc(-c4cc(F)cc(C(F)(F)F)c4)c(CN4CCC[C@H]4C)s3)cn2)CC1. The van der Waals surface area contributed by atoms with Crippen LogP contribution in [0.4, 0.5) is 23.4 Å². The van der Waals surface area contributed by atoms with Gasteiger partial charge in [0.1, 0.15) is 28.4 Å². The number of likely N-dealkylation sites (tertiary alicyclic amines) is 1. The highest BCUT2D eigenvalue weighted by atomic mass is 32.1. The molecule has 1 aromatic carbocycles. The number of benzene rings is 1. The highest BCUT2D eigenvalue weighted by Gasteiger charge is 2.33. The third-order valence-corrected chi connectivity index (χ3v) is 9.10. The Morgan fingerprint density at radius 3 is 2.44 bits per heavy atom. The molecule has 2 aliphatic rings. The topological polar surface area (TPSA) is 103 Å². The Bertz CT molecular complexity index is 1470. The van der Waals surface area contributed by atoms with E-state index >= 15 is 0 Å². The minimum absolute atomic E-state index is 0.0196. The smallest absolute Gasteiger partial charge is 0.416 e. The molecule has 0 saturated carbocycles. The van der Waals surface area contributed by atoms with E-state index < -0.39 is 29.6 Å². The fraction of sp³-hybridized carbons (Fsp3) is 0.483. The molecule has 43 heavy (non-hydrogen) atoms. The van der Waals surface area contributed by atoms with E-state index in [0.29, 0.717) is 54.5 Å². The molecule has 0 radical (unpaired) electrons. The number of ketones is 1. The number of thiazole rings is 1. The summed E-state index contributed by atoms with van der Waals surface area (Å²) >= 11 is 1.24. The molecule has 2 aliphatic heterocycles. The van der Waals surface area contributed by atoms with E-state index in [1.807, 2.05) is 9.80 Å². The van der Waals surface area contributed by atoms with Crippen LogP contribution in [0.25, 0.3) is 11.3 Å². The molecule has 0 bridgehead atoms. The van der Waals surface area contributed by atoms with Crippen LogP contribution in [0.2, 0.25) is 0 Å². The van der Waals surface area contributed by atoms with E-state index in [2.05, 4.69) is 26.8 Å². The predicted octanol–water partition coefficient (Wildman–Crippen LogP) is 4.76. The lowest BCUT2D eigenvalue weighted by Gasteiger charge is -2.36. The number of Topliss-reactive ketones (excluding diaryl/α,β-unsaturated/α-hetero) is 1. The Morgan fingerprint density at radius 2 is 1.84 bits per heavy atom. The van der Waals surface area contributed by atoms with Crippen molar-refractivity contribution in [2.75, 3.05) is 37.6 Å². The zero-order valence-electron chi connectivity index (χ0n) is 23.8. The number of hydrogen-bond donors (Lipinski definition) is 1. The number of anilines is 1. The van der Waals surface area contributed by atoms with Crippen LogP contribution in [-0.4, -0.2) is 86.4 Å². The van der Waals surface area contributed by atoms with Crippen molar-refractivity contribution in [1.82, 2.24) is 24.8 Å². The Morgan fingerprint density at radius 1 is 1.09 bits per heavy atom. The van der Waals surface area contributed by atoms with Gasteiger partial charge >= 0.3 is 12.1 Å². The van der Waals surface area contributed by atoms with Gasteiger partial charge in [0.05, 0.1) is 30.1 Å². The van der Waals surface area contributed by atoms with Crippen LogP contribution in [0, 0.1) is 5.82 Å². The van der Waals surface area contributed by atoms with Crippen molar-refractivity contribution in [3.8, 4) is 11.3 Å². The summed E-state index contributed by atoms with van der Waals surface area (Å²) in [7, 11) is 0. The normalized spacial score (nSPS) is 19.1. The average molecular weight is 621 g/mol. The summed E-state index contributed by atoms with van der Waals surface area (Å²) in [5, 5.41) is 9.63. The highest BCUT2D eigenvalue weighted by molar-refractivity contribution is 7.12. The van der Waals surface area contributed by atoms with Crippen LogP contribution in [0.3, 0.4) is 0 Å². The molecule has 1 unspecified atom stereocenters. The molecule has 0 aliphatic carbocycles. The van der Waals surface area contributed by atoms with Gasteiger partial charge in [0.2, 0.25) is 0 Å². The lowest BCUT2D eigenvalue weighted by Crippen LogP contribution is -2.52. The lowest BCUT2D eigenvalue weighted by molar-refractivity contribution is -0.142. The number of nitrogens with zero attached hydrogens (tertiary/aromatic N) is 6. The number of alkyl halides is 3. The standard InChI is InChI=1S/C29H32F4N6O3S/c1-17-4-3-5-39(17)16-24-27(19-10-20(29(31,32)33)12-21(30)11-19)36-26(43-24)13-23(40)22-14-35-25(15-34-22)38-8-6-37(7-9-38)18(2)28(41)42/h10-12,14-15,17-18H,3-9,13,16H2,1-2H3,(H,41,42)/t17-,18?/m1/s1. The fourth-order valence-corrected chi connectivity index (χ4v) is 6.58. The number of halogens is 4. The number of carbonyl (C=O) groups excluding carboxylic acids is 1. The highest BCUT2D eigenvalue weighted by Crippen LogP contribution is 2.37. The molecule has 0 amide bonds. The Hall–Kier alpha value is -3.49. The van der Waals surface area contributed by atoms with Crippen LogP contribution in [0.5, 0.6) is 0 Å². The van der Waals surface area contributed by atoms with E-state index in [1.165, 1.54) is 23.7 Å². The maximum Gasteiger partial charge on any atom is 0.416 e. The summed E-state index contributed by atoms with van der Waals surface area (Å²) in [6, 6.07) is 2.11. The quantitative estimate of drug-likeness (QED) is 0.268. The molecular weight excluding hydrogens is 588 g/mol. The molecule has 2 aromatic heterocycles. The second-order valence-electron chi connectivity index (χ2n) is 11.0. The number of rotatable bonds is 9. The van der Waals surface area contributed by atoms with Gasteiger partial charge in [0.15, 0.2) is 5.78 Å². The number of hydrogen-bond acceptors (Lipinski definition) is 9. The summed E-state index contributed by atoms with van der Waals surface area (Å²) in [5.74, 6) is -1.66. The Kier molecular flexibility index (Phi) is 9.09. The van der Waals surface area contributed by atoms with Gasteiger partial charge in [-0.05, 0) is 51.4 Å². The van der Waals surface area contributed by atoms with E-state index in [-0.39, 0.29) is 35.2 Å². The summed E-state index contributed by atoms with van der Waals surface area (Å²) in [6.07, 6.45) is 0.0446. The van der Waals surface area contributed by atoms with Gasteiger partial charge in [-0.25, -0.2) is 19.3 Å². The summed E-state index contributed by atoms with van der Waals surface area (Å²) in [5.41, 5.74) is -0.707. The van der Waals surface area contributed by atoms with Gasteiger partial charge < -0.3 is 10.0 Å². The van der Waals surface area contributed by atoms with Crippen molar-refractivity contribution in [3.63, 3.8) is 0 Å². The monoisotopic (exact) mass is 620 g/mol. The molecule has 1 N–H and O–H groups in total. The molecule has 5 rings (SSSR count). The Labute approximate surface area is 250 Å². The van der Waals surface area contributed by atoms with Crippen molar-refractivity contribution < 1.29 is 32.3 Å². The first-order valence-electron chi connectivity index (χ1n) is 14.1. The van der Waals surface area contributed by atoms with Crippen molar-refractivity contribution in [1.29, 1.82) is 0 Å². The van der Waals surface area contributed by atoms with Gasteiger partial charge in [-0.2, -0.15) is 13.2 Å². The first kappa shape index (κ1) is 31.0. The van der Waals surface area contributed by atoms with E-state index in [0.717, 1.165) is 31.5 Å². The molecular formula is C29H32F4N6O3S. The molecule has 2 atom stereocenters. The maximum atomic E-state index is 14.3. The van der Waals surface area contributed by atoms with Gasteiger partial charge in [0.25, 0.3) is 0 Å². The van der Waals surface area contributed by atoms with Gasteiger partial charge in [-0.3, -0.25) is 19.4 Å². The second kappa shape index (κ2) is 12.6. The number of aliphatic carboxylic acids is 1. The largest absolute Gasteiger partial charge is 0.480 e. The number of carboxylic acids is 1. The number of carbonyl (C=O) groups is 2. The molecule has 0 spiro atoms. The van der Waals surface area contributed by atoms with Crippen LogP contribution in [0.15, 0.2) is 30.6 Å². The third kappa shape index (κ3) is 7.19. The van der Waals surface area contributed by atoms with Crippen LogP contribution in [-0.2, 0) is 23.9 Å². The molecule has 230 valence electrons. The van der Waals surface area contributed by atoms with Crippen molar-refractivity contribution in [2.24, 2.45) is 0 Å². The molecule has 2 fully saturated rings. The van der Waals surface area contributed by atoms with Crippen LogP contribution >= 0.6 is 11.3 Å². The van der Waals surface area contributed by atoms with Gasteiger partial charge in [0, 0.05) is 49.2 Å². The fourth-order valence-electron chi connectivity index (χ4n) is 5.46. The van der Waals surface area contributed by atoms with E-state index in [4.69, 9.17) is 0 Å². The molecule has 2 saturated heterocycles. The first-order chi connectivity index (χ1) is 20.4. The molecule has 3 aromatic rings. The first-order valence-corrected chi connectivity index (χ1v) is 14.9. The number of aromatic nitrogens is 3. The van der Waals surface area contributed by atoms with Gasteiger partial charge in [-0.1, -0.05) is 0 Å². The summed E-state index contributed by atoms with van der Waals surface area (Å²) in [4.78, 5) is 44.4. The van der Waals surface area contributed by atoms with E-state index in [1.54, 1.807) is 6.92 Å². The number of carboxylic acid groups (broad SMARTS) is 1. The zero-order valence-corrected chi connectivity index (χ0v) is 24.6. The minimum atomic E-state index is -4.72. The third-order valence-electron chi connectivity index (χ3n) is 8.06. The lowest BCUT2D eigenvalue weighted by atomic mass is 10.1. The minimum Gasteiger partial charge on any atom is -0.480 e. The van der Waals surface area contributed by atoms with Crippen LogP contribution < -0.4 is 4.90 Å². The maximum absolute atomic E-state index is 14.3. The average Bonchev–Trinajstić information content (AvgIpc) is 3.57. The Balaban J connectivity index is 1.33. The zero-order chi connectivity index (χ0) is 30.9. The predicted molar refractivity (Wildman–Crippen MR) is 153 cm³/mol. The van der Waals surface area contributed by atoms with Crippen molar-refractivity contribution in [3.05, 3.63) is 57.6 Å². The molecule has 9 nitrogen and oxygen atoms in total. The number of piperazine rings is 1. The molecule has 4 heterocycles. The molecule has 14 heteroatoms. The second-order valence-corrected chi connectivity index (χ2v) is 12.1. The van der Waals surface area contributed by atoms with Crippen molar-refractivity contribution in [2.45, 2.75) is 57.9 Å². The summed E-state index contributed by atoms with van der Waals surface area (Å²) in [6.45, 7) is 7.24. The van der Waals surface area contributed by atoms with Crippen molar-refractivity contribution >= 4 is 28.9 Å².